The van der Waals surface area contributed by atoms with E-state index in [1.807, 2.05) is 21.1 Å². The first-order chi connectivity index (χ1) is 24.6. The van der Waals surface area contributed by atoms with Crippen LogP contribution in [0.3, 0.4) is 0 Å². The molecule has 0 bridgehead atoms. The molecule has 298 valence electrons. The molecule has 0 rings (SSSR count). The lowest BCUT2D eigenvalue weighted by Crippen LogP contribution is -2.50. The molecular formula is C43H80NO7+. The molecule has 2 atom stereocenters. The minimum atomic E-state index is -0.875. The number of hydrogen-bond acceptors (Lipinski definition) is 6. The van der Waals surface area contributed by atoms with Crippen molar-refractivity contribution in [2.45, 2.75) is 193 Å². The molecule has 2 unspecified atom stereocenters. The zero-order valence-electron chi connectivity index (χ0n) is 33.8. The first-order valence-corrected chi connectivity index (χ1v) is 20.9. The van der Waals surface area contributed by atoms with Crippen LogP contribution in [0.15, 0.2) is 24.3 Å². The number of ether oxygens (including phenoxy) is 3. The molecule has 0 saturated carbocycles. The van der Waals surface area contributed by atoms with Gasteiger partial charge < -0.3 is 23.8 Å². The first-order valence-electron chi connectivity index (χ1n) is 20.9. The highest BCUT2D eigenvalue weighted by Gasteiger charge is 2.31. The Bertz CT molecular complexity index is 895. The number of rotatable bonds is 37. The van der Waals surface area contributed by atoms with Gasteiger partial charge in [0.05, 0.1) is 34.4 Å². The number of nitrogens with zero attached hydrogens (tertiary/aromatic N) is 1. The predicted octanol–water partition coefficient (Wildman–Crippen LogP) is 10.9. The summed E-state index contributed by atoms with van der Waals surface area (Å²) in [6, 6.07) is -0.611. The SMILES string of the molecule is CCCCC/C=C/C=C/CCCCCCCCCCCCC(=O)OC(COCCC(C(=O)O)[N+](C)(C)C)COC(=O)CCCCCCCCCC. The van der Waals surface area contributed by atoms with Gasteiger partial charge in [-0.15, -0.1) is 0 Å². The van der Waals surface area contributed by atoms with E-state index >= 15 is 0 Å². The number of carboxylic acid groups (broad SMARTS) is 1. The Morgan fingerprint density at radius 3 is 1.51 bits per heavy atom. The summed E-state index contributed by atoms with van der Waals surface area (Å²) in [6.45, 7) is 4.68. The predicted molar refractivity (Wildman–Crippen MR) is 211 cm³/mol. The molecule has 0 saturated heterocycles. The van der Waals surface area contributed by atoms with Gasteiger partial charge in [-0.1, -0.05) is 147 Å². The van der Waals surface area contributed by atoms with Crippen molar-refractivity contribution in [1.82, 2.24) is 0 Å². The van der Waals surface area contributed by atoms with Gasteiger partial charge in [-0.2, -0.15) is 0 Å². The van der Waals surface area contributed by atoms with Crippen molar-refractivity contribution in [3.8, 4) is 0 Å². The van der Waals surface area contributed by atoms with Gasteiger partial charge in [0.15, 0.2) is 12.1 Å². The maximum absolute atomic E-state index is 12.7. The molecule has 0 spiro atoms. The molecule has 0 fully saturated rings. The lowest BCUT2D eigenvalue weighted by Gasteiger charge is -2.31. The molecule has 0 heterocycles. The number of hydrogen-bond donors (Lipinski definition) is 1. The van der Waals surface area contributed by atoms with E-state index < -0.39 is 18.1 Å². The molecule has 0 aliphatic heterocycles. The van der Waals surface area contributed by atoms with Crippen LogP contribution in [0.2, 0.25) is 0 Å². The summed E-state index contributed by atoms with van der Waals surface area (Å²) in [5, 5.41) is 9.58. The van der Waals surface area contributed by atoms with Crippen molar-refractivity contribution in [2.24, 2.45) is 0 Å². The molecule has 51 heavy (non-hydrogen) atoms. The van der Waals surface area contributed by atoms with Crippen LogP contribution in [0.4, 0.5) is 0 Å². The number of likely N-dealkylation sites (N-methyl/N-ethyl adjacent to an activating group) is 1. The van der Waals surface area contributed by atoms with Gasteiger partial charge in [-0.05, 0) is 38.5 Å². The van der Waals surface area contributed by atoms with Crippen LogP contribution in [-0.2, 0) is 28.6 Å². The number of esters is 2. The van der Waals surface area contributed by atoms with Crippen LogP contribution in [0.25, 0.3) is 0 Å². The molecular weight excluding hydrogens is 642 g/mol. The third kappa shape index (κ3) is 33.4. The average molecular weight is 723 g/mol. The molecule has 0 radical (unpaired) electrons. The van der Waals surface area contributed by atoms with Crippen molar-refractivity contribution >= 4 is 17.9 Å². The Labute approximate surface area is 313 Å². The van der Waals surface area contributed by atoms with Crippen molar-refractivity contribution in [2.75, 3.05) is 41.0 Å². The fourth-order valence-electron chi connectivity index (χ4n) is 6.08. The van der Waals surface area contributed by atoms with E-state index in [-0.39, 0.29) is 36.2 Å². The zero-order chi connectivity index (χ0) is 37.8. The van der Waals surface area contributed by atoms with E-state index in [2.05, 4.69) is 38.2 Å². The lowest BCUT2D eigenvalue weighted by atomic mass is 10.1. The van der Waals surface area contributed by atoms with Crippen molar-refractivity contribution in [1.29, 1.82) is 0 Å². The third-order valence-corrected chi connectivity index (χ3v) is 9.38. The smallest absolute Gasteiger partial charge is 0.362 e. The summed E-state index contributed by atoms with van der Waals surface area (Å²) in [6.07, 6.45) is 36.5. The third-order valence-electron chi connectivity index (χ3n) is 9.38. The molecule has 8 heteroatoms. The molecule has 1 N–H and O–H groups in total. The van der Waals surface area contributed by atoms with Gasteiger partial charge in [-0.25, -0.2) is 4.79 Å². The summed E-state index contributed by atoms with van der Waals surface area (Å²) < 4.78 is 17.2. The van der Waals surface area contributed by atoms with E-state index in [9.17, 15) is 19.5 Å². The van der Waals surface area contributed by atoms with Crippen LogP contribution in [-0.4, -0.2) is 80.6 Å². The summed E-state index contributed by atoms with van der Waals surface area (Å²) in [7, 11) is 5.52. The van der Waals surface area contributed by atoms with E-state index in [4.69, 9.17) is 14.2 Å². The van der Waals surface area contributed by atoms with Crippen LogP contribution in [0, 0.1) is 0 Å². The lowest BCUT2D eigenvalue weighted by molar-refractivity contribution is -0.887. The van der Waals surface area contributed by atoms with Crippen molar-refractivity contribution < 1.29 is 38.2 Å². The van der Waals surface area contributed by atoms with E-state index in [1.165, 1.54) is 109 Å². The number of allylic oxidation sites excluding steroid dienone is 4. The molecule has 0 aliphatic rings. The van der Waals surface area contributed by atoms with Crippen LogP contribution < -0.4 is 0 Å². The highest BCUT2D eigenvalue weighted by Crippen LogP contribution is 2.14. The van der Waals surface area contributed by atoms with Gasteiger partial charge in [-0.3, -0.25) is 9.59 Å². The Balaban J connectivity index is 4.27. The zero-order valence-corrected chi connectivity index (χ0v) is 33.8. The normalized spacial score (nSPS) is 13.2. The number of unbranched alkanes of at least 4 members (excludes halogenated alkanes) is 20. The highest BCUT2D eigenvalue weighted by atomic mass is 16.6. The van der Waals surface area contributed by atoms with Gasteiger partial charge >= 0.3 is 17.9 Å². The number of quaternary nitrogens is 1. The molecule has 0 aliphatic carbocycles. The first kappa shape index (κ1) is 48.8. The summed E-state index contributed by atoms with van der Waals surface area (Å²) in [5.74, 6) is -1.47. The highest BCUT2D eigenvalue weighted by molar-refractivity contribution is 5.72. The maximum atomic E-state index is 12.7. The molecule has 0 aromatic rings. The minimum Gasteiger partial charge on any atom is -0.477 e. The molecule has 0 aromatic carbocycles. The Kier molecular flexibility index (Phi) is 33.4. The number of carbonyl (C=O) groups is 3. The second-order valence-corrected chi connectivity index (χ2v) is 15.3. The monoisotopic (exact) mass is 723 g/mol. The minimum absolute atomic E-state index is 0.0491. The summed E-state index contributed by atoms with van der Waals surface area (Å²) in [4.78, 5) is 36.8. The van der Waals surface area contributed by atoms with E-state index in [1.54, 1.807) is 0 Å². The van der Waals surface area contributed by atoms with Crippen molar-refractivity contribution in [3.63, 3.8) is 0 Å². The summed E-state index contributed by atoms with van der Waals surface area (Å²) in [5.41, 5.74) is 0. The van der Waals surface area contributed by atoms with Gasteiger partial charge in [0.1, 0.15) is 6.61 Å². The van der Waals surface area contributed by atoms with Gasteiger partial charge in [0.2, 0.25) is 0 Å². The van der Waals surface area contributed by atoms with E-state index in [0.717, 1.165) is 38.5 Å². The Hall–Kier alpha value is -2.19. The fourth-order valence-corrected chi connectivity index (χ4v) is 6.08. The van der Waals surface area contributed by atoms with Gasteiger partial charge in [0.25, 0.3) is 0 Å². The van der Waals surface area contributed by atoms with Crippen LogP contribution >= 0.6 is 0 Å². The van der Waals surface area contributed by atoms with E-state index in [0.29, 0.717) is 19.3 Å². The fraction of sp³-hybridized carbons (Fsp3) is 0.837. The average Bonchev–Trinajstić information content (AvgIpc) is 3.08. The molecule has 8 nitrogen and oxygen atoms in total. The molecule has 0 aromatic heterocycles. The largest absolute Gasteiger partial charge is 0.477 e. The van der Waals surface area contributed by atoms with Crippen molar-refractivity contribution in [3.05, 3.63) is 24.3 Å². The number of carboxylic acids is 1. The number of aliphatic carboxylic acids is 1. The topological polar surface area (TPSA) is 99.1 Å². The van der Waals surface area contributed by atoms with Crippen LogP contribution in [0.1, 0.15) is 181 Å². The summed E-state index contributed by atoms with van der Waals surface area (Å²) >= 11 is 0. The standard InChI is InChI=1S/C43H79NO7/c1-6-8-10-12-14-16-17-18-19-20-21-22-23-24-25-26-28-30-32-34-42(46)51-39(37-49-36-35-40(43(47)48)44(3,4)5)38-50-41(45)33-31-29-27-15-13-11-9-7-2/h14,16-18,39-40H,6-13,15,19-38H2,1-5H3/p+1/b16-14+,18-17+. The Morgan fingerprint density at radius 1 is 0.588 bits per heavy atom. The van der Waals surface area contributed by atoms with Crippen LogP contribution in [0.5, 0.6) is 0 Å². The van der Waals surface area contributed by atoms with Gasteiger partial charge in [0, 0.05) is 19.3 Å². The Morgan fingerprint density at radius 2 is 1.02 bits per heavy atom. The molecule has 0 amide bonds. The second-order valence-electron chi connectivity index (χ2n) is 15.3. The maximum Gasteiger partial charge on any atom is 0.362 e. The second kappa shape index (κ2) is 34.9. The quantitative estimate of drug-likeness (QED) is 0.0295. The number of carbonyl (C=O) groups excluding carboxylic acids is 2.